The molecule has 2 aliphatic heterocycles. The van der Waals surface area contributed by atoms with Gasteiger partial charge in [-0.15, -0.1) is 11.8 Å². The molecule has 2 aromatic carbocycles. The Hall–Kier alpha value is -2.09. The minimum atomic E-state index is -1.27. The molecule has 28 heavy (non-hydrogen) atoms. The van der Waals surface area contributed by atoms with E-state index in [0.29, 0.717) is 28.6 Å². The smallest absolute Gasteiger partial charge is 0.268 e. The number of anilines is 1. The maximum Gasteiger partial charge on any atom is 0.268 e. The first-order valence-corrected chi connectivity index (χ1v) is 10.1. The van der Waals surface area contributed by atoms with Crippen LogP contribution in [0.4, 0.5) is 10.1 Å². The Morgan fingerprint density at radius 1 is 1.32 bits per heavy atom. The van der Waals surface area contributed by atoms with Crippen LogP contribution in [0.2, 0.25) is 5.02 Å². The molecule has 1 saturated heterocycles. The molecule has 8 heteroatoms. The summed E-state index contributed by atoms with van der Waals surface area (Å²) in [4.78, 5) is 28.1. The van der Waals surface area contributed by atoms with Gasteiger partial charge in [0.05, 0.1) is 12.2 Å². The number of fused-ring (bicyclic) bond motifs is 2. The first kappa shape index (κ1) is 19.2. The molecule has 0 N–H and O–H groups in total. The first-order valence-electron chi connectivity index (χ1n) is 8.78. The topological polar surface area (TPSA) is 49.9 Å². The zero-order valence-corrected chi connectivity index (χ0v) is 16.7. The van der Waals surface area contributed by atoms with E-state index in [1.807, 2.05) is 18.2 Å². The number of rotatable bonds is 4. The summed E-state index contributed by atoms with van der Waals surface area (Å²) in [5.74, 6) is -0.426. The van der Waals surface area contributed by atoms with Crippen molar-refractivity contribution in [1.82, 2.24) is 4.90 Å². The van der Waals surface area contributed by atoms with Crippen LogP contribution in [0.15, 0.2) is 42.5 Å². The molecular weight excluding hydrogens is 403 g/mol. The highest BCUT2D eigenvalue weighted by Gasteiger charge is 2.59. The Bertz CT molecular complexity index is 957. The Kier molecular flexibility index (Phi) is 5.07. The van der Waals surface area contributed by atoms with Gasteiger partial charge in [-0.05, 0) is 29.8 Å². The van der Waals surface area contributed by atoms with Gasteiger partial charge in [-0.25, -0.2) is 4.39 Å². The largest absolute Gasteiger partial charge is 0.375 e. The molecule has 1 unspecified atom stereocenters. The van der Waals surface area contributed by atoms with Gasteiger partial charge in [-0.2, -0.15) is 0 Å². The van der Waals surface area contributed by atoms with Crippen LogP contribution in [0, 0.1) is 5.82 Å². The fourth-order valence-electron chi connectivity index (χ4n) is 3.80. The van der Waals surface area contributed by atoms with Gasteiger partial charge in [0.2, 0.25) is 5.91 Å². The third-order valence-electron chi connectivity index (χ3n) is 5.01. The number of ether oxygens (including phenoxy) is 1. The van der Waals surface area contributed by atoms with E-state index in [1.54, 1.807) is 17.0 Å². The maximum absolute atomic E-state index is 14.1. The van der Waals surface area contributed by atoms with E-state index in [9.17, 15) is 14.0 Å². The van der Waals surface area contributed by atoms with Gasteiger partial charge in [0.25, 0.3) is 5.91 Å². The molecule has 146 valence electrons. The molecule has 2 heterocycles. The van der Waals surface area contributed by atoms with Gasteiger partial charge < -0.3 is 14.5 Å². The van der Waals surface area contributed by atoms with E-state index in [2.05, 4.69) is 0 Å². The lowest BCUT2D eigenvalue weighted by Crippen LogP contribution is -2.51. The number of hydrogen-bond donors (Lipinski definition) is 0. The van der Waals surface area contributed by atoms with Crippen molar-refractivity contribution in [2.45, 2.75) is 11.4 Å². The van der Waals surface area contributed by atoms with Gasteiger partial charge in [0.15, 0.2) is 4.87 Å². The summed E-state index contributed by atoms with van der Waals surface area (Å²) in [6, 6.07) is 11.5. The highest BCUT2D eigenvalue weighted by atomic mass is 35.5. The summed E-state index contributed by atoms with van der Waals surface area (Å²) in [5.41, 5.74) is 1.87. The van der Waals surface area contributed by atoms with Gasteiger partial charge >= 0.3 is 0 Å². The average molecular weight is 421 g/mol. The van der Waals surface area contributed by atoms with Crippen LogP contribution in [0.1, 0.15) is 11.1 Å². The number of methoxy groups -OCH3 is 1. The zero-order valence-electron chi connectivity index (χ0n) is 15.2. The monoisotopic (exact) mass is 420 g/mol. The SMILES string of the molecule is COCC(=O)N1CCSC12C(=O)N(Cc1ccccc1Cl)c1ccc(F)cc12. The molecule has 2 amide bonds. The Morgan fingerprint density at radius 2 is 2.11 bits per heavy atom. The highest BCUT2D eigenvalue weighted by molar-refractivity contribution is 8.01. The summed E-state index contributed by atoms with van der Waals surface area (Å²) in [6.07, 6.45) is 0. The molecule has 1 atom stereocenters. The summed E-state index contributed by atoms with van der Waals surface area (Å²) < 4.78 is 19.1. The lowest BCUT2D eigenvalue weighted by molar-refractivity contribution is -0.143. The van der Waals surface area contributed by atoms with Crippen molar-refractivity contribution in [3.05, 3.63) is 64.4 Å². The Balaban J connectivity index is 1.81. The lowest BCUT2D eigenvalue weighted by atomic mass is 10.1. The zero-order chi connectivity index (χ0) is 19.9. The van der Waals surface area contributed by atoms with Gasteiger partial charge in [0.1, 0.15) is 12.4 Å². The average Bonchev–Trinajstić information content (AvgIpc) is 3.21. The normalized spacial score (nSPS) is 20.9. The number of halogens is 2. The molecular formula is C20H18ClFN2O3S. The van der Waals surface area contributed by atoms with E-state index < -0.39 is 10.7 Å². The third-order valence-corrected chi connectivity index (χ3v) is 6.80. The van der Waals surface area contributed by atoms with E-state index in [4.69, 9.17) is 16.3 Å². The fraction of sp³-hybridized carbons (Fsp3) is 0.300. The van der Waals surface area contributed by atoms with Crippen molar-refractivity contribution in [1.29, 1.82) is 0 Å². The van der Waals surface area contributed by atoms with E-state index >= 15 is 0 Å². The highest BCUT2D eigenvalue weighted by Crippen LogP contribution is 2.54. The Labute approximate surface area is 171 Å². The van der Waals surface area contributed by atoms with Crippen LogP contribution in [-0.4, -0.2) is 42.7 Å². The molecule has 0 aromatic heterocycles. The number of nitrogens with zero attached hydrogens (tertiary/aromatic N) is 2. The van der Waals surface area contributed by atoms with Crippen LogP contribution in [0.3, 0.4) is 0 Å². The number of hydrogen-bond acceptors (Lipinski definition) is 4. The van der Waals surface area contributed by atoms with Crippen molar-refractivity contribution in [3.63, 3.8) is 0 Å². The summed E-state index contributed by atoms with van der Waals surface area (Å²) in [6.45, 7) is 0.505. The second kappa shape index (κ2) is 7.39. The maximum atomic E-state index is 14.1. The molecule has 1 fully saturated rings. The molecule has 4 rings (SSSR count). The molecule has 2 aliphatic rings. The van der Waals surface area contributed by atoms with Crippen LogP contribution in [-0.2, 0) is 25.7 Å². The van der Waals surface area contributed by atoms with Crippen molar-refractivity contribution < 1.29 is 18.7 Å². The number of carbonyl (C=O) groups excluding carboxylic acids is 2. The molecule has 5 nitrogen and oxygen atoms in total. The summed E-state index contributed by atoms with van der Waals surface area (Å²) in [7, 11) is 1.43. The summed E-state index contributed by atoms with van der Waals surface area (Å²) >= 11 is 7.64. The fourth-order valence-corrected chi connectivity index (χ4v) is 5.46. The van der Waals surface area contributed by atoms with Gasteiger partial charge in [0, 0.05) is 30.0 Å². The number of carbonyl (C=O) groups is 2. The third kappa shape index (κ3) is 2.89. The van der Waals surface area contributed by atoms with E-state index in [-0.39, 0.29) is 25.0 Å². The molecule has 0 bridgehead atoms. The number of benzene rings is 2. The molecule has 0 saturated carbocycles. The minimum Gasteiger partial charge on any atom is -0.375 e. The van der Waals surface area contributed by atoms with Crippen LogP contribution >= 0.6 is 23.4 Å². The minimum absolute atomic E-state index is 0.134. The molecule has 0 radical (unpaired) electrons. The Morgan fingerprint density at radius 3 is 2.86 bits per heavy atom. The second-order valence-corrected chi connectivity index (χ2v) is 8.31. The van der Waals surface area contributed by atoms with Crippen molar-refractivity contribution >= 4 is 40.9 Å². The first-order chi connectivity index (χ1) is 13.5. The molecule has 2 aromatic rings. The van der Waals surface area contributed by atoms with Crippen molar-refractivity contribution in [2.24, 2.45) is 0 Å². The second-order valence-electron chi connectivity index (χ2n) is 6.62. The standard InChI is InChI=1S/C20H18ClFN2O3S/c1-27-12-18(25)24-8-9-28-20(24)15-10-14(22)6-7-17(15)23(19(20)26)11-13-4-2-3-5-16(13)21/h2-7,10H,8-9,11-12H2,1H3. The predicted molar refractivity (Wildman–Crippen MR) is 107 cm³/mol. The lowest BCUT2D eigenvalue weighted by Gasteiger charge is -2.33. The van der Waals surface area contributed by atoms with Crippen LogP contribution < -0.4 is 4.90 Å². The van der Waals surface area contributed by atoms with Crippen LogP contribution in [0.5, 0.6) is 0 Å². The van der Waals surface area contributed by atoms with E-state index in [1.165, 1.54) is 35.9 Å². The number of amides is 2. The van der Waals surface area contributed by atoms with Gasteiger partial charge in [-0.3, -0.25) is 9.59 Å². The van der Waals surface area contributed by atoms with Crippen molar-refractivity contribution in [3.8, 4) is 0 Å². The van der Waals surface area contributed by atoms with Crippen LogP contribution in [0.25, 0.3) is 0 Å². The summed E-state index contributed by atoms with van der Waals surface area (Å²) in [5, 5.41) is 0.548. The number of thioether (sulfide) groups is 1. The molecule has 1 spiro atoms. The van der Waals surface area contributed by atoms with Gasteiger partial charge in [-0.1, -0.05) is 29.8 Å². The molecule has 0 aliphatic carbocycles. The van der Waals surface area contributed by atoms with Crippen molar-refractivity contribution in [2.75, 3.05) is 30.9 Å². The quantitative estimate of drug-likeness (QED) is 0.760. The van der Waals surface area contributed by atoms with E-state index in [0.717, 1.165) is 5.56 Å². The predicted octanol–water partition coefficient (Wildman–Crippen LogP) is 3.40.